The molecule has 0 amide bonds. The van der Waals surface area contributed by atoms with E-state index >= 15 is 0 Å². The number of alkyl halides is 3. The average Bonchev–Trinajstić information content (AvgIpc) is 2.25. The van der Waals surface area contributed by atoms with Crippen LogP contribution in [0.15, 0.2) is 24.3 Å². The van der Waals surface area contributed by atoms with Crippen molar-refractivity contribution in [3.05, 3.63) is 35.4 Å². The van der Waals surface area contributed by atoms with Gasteiger partial charge in [0, 0.05) is 0 Å². The molecule has 1 rings (SSSR count). The summed E-state index contributed by atoms with van der Waals surface area (Å²) in [5.41, 5.74) is 5.59. The van der Waals surface area contributed by atoms with Gasteiger partial charge in [-0.05, 0) is 36.9 Å². The van der Waals surface area contributed by atoms with Crippen LogP contribution in [0, 0.1) is 5.92 Å². The molecule has 2 N–H and O–H groups in total. The summed E-state index contributed by atoms with van der Waals surface area (Å²) < 4.78 is 37.2. The molecule has 1 aromatic carbocycles. The van der Waals surface area contributed by atoms with Crippen molar-refractivity contribution in [3.63, 3.8) is 0 Å². The summed E-state index contributed by atoms with van der Waals surface area (Å²) in [6.07, 6.45) is -2.80. The van der Waals surface area contributed by atoms with Gasteiger partial charge in [0.2, 0.25) is 0 Å². The molecule has 0 aliphatic rings. The monoisotopic (exact) mass is 231 g/mol. The highest BCUT2D eigenvalue weighted by molar-refractivity contribution is 5.25. The van der Waals surface area contributed by atoms with Crippen LogP contribution >= 0.6 is 0 Å². The second-order valence-electron chi connectivity index (χ2n) is 4.08. The summed E-state index contributed by atoms with van der Waals surface area (Å²) in [5, 5.41) is 0. The van der Waals surface area contributed by atoms with Crippen LogP contribution < -0.4 is 5.73 Å². The van der Waals surface area contributed by atoms with Crippen LogP contribution in [0.3, 0.4) is 0 Å². The Morgan fingerprint density at radius 2 is 2.00 bits per heavy atom. The Balaban J connectivity index is 2.68. The molecule has 0 bridgehead atoms. The first-order chi connectivity index (χ1) is 7.43. The largest absolute Gasteiger partial charge is 0.416 e. The van der Waals surface area contributed by atoms with E-state index in [1.165, 1.54) is 12.1 Å². The maximum absolute atomic E-state index is 12.4. The number of aryl methyl sites for hydroxylation is 1. The van der Waals surface area contributed by atoms with Crippen LogP contribution in [0.5, 0.6) is 0 Å². The minimum absolute atomic E-state index is 0.342. The number of hydrogen-bond acceptors (Lipinski definition) is 1. The van der Waals surface area contributed by atoms with E-state index in [2.05, 4.69) is 0 Å². The van der Waals surface area contributed by atoms with Crippen LogP contribution in [0.25, 0.3) is 0 Å². The van der Waals surface area contributed by atoms with Gasteiger partial charge in [0.15, 0.2) is 0 Å². The van der Waals surface area contributed by atoms with E-state index in [0.29, 0.717) is 18.9 Å². The first kappa shape index (κ1) is 13.0. The van der Waals surface area contributed by atoms with Crippen molar-refractivity contribution in [2.45, 2.75) is 25.9 Å². The van der Waals surface area contributed by atoms with Crippen molar-refractivity contribution >= 4 is 0 Å². The predicted octanol–water partition coefficient (Wildman–Crippen LogP) is 3.23. The molecular formula is C12H16F3N. The fraction of sp³-hybridized carbons (Fsp3) is 0.500. The Labute approximate surface area is 93.5 Å². The quantitative estimate of drug-likeness (QED) is 0.845. The molecule has 1 atom stereocenters. The van der Waals surface area contributed by atoms with E-state index < -0.39 is 11.7 Å². The number of halogens is 3. The summed E-state index contributed by atoms with van der Waals surface area (Å²) in [4.78, 5) is 0. The van der Waals surface area contributed by atoms with Crippen molar-refractivity contribution in [2.75, 3.05) is 6.54 Å². The Kier molecular flexibility index (Phi) is 4.35. The van der Waals surface area contributed by atoms with Crippen molar-refractivity contribution in [1.29, 1.82) is 0 Å². The van der Waals surface area contributed by atoms with Crippen molar-refractivity contribution in [2.24, 2.45) is 11.7 Å². The van der Waals surface area contributed by atoms with E-state index in [1.54, 1.807) is 6.07 Å². The van der Waals surface area contributed by atoms with Gasteiger partial charge in [0.1, 0.15) is 0 Å². The van der Waals surface area contributed by atoms with Gasteiger partial charge in [-0.25, -0.2) is 0 Å². The lowest BCUT2D eigenvalue weighted by atomic mass is 10.00. The third-order valence-corrected chi connectivity index (χ3v) is 2.58. The topological polar surface area (TPSA) is 26.0 Å². The van der Waals surface area contributed by atoms with Crippen molar-refractivity contribution in [3.8, 4) is 0 Å². The maximum Gasteiger partial charge on any atom is 0.416 e. The molecular weight excluding hydrogens is 215 g/mol. The normalized spacial score (nSPS) is 13.8. The Bertz CT molecular complexity index is 333. The van der Waals surface area contributed by atoms with Crippen LogP contribution in [0.1, 0.15) is 24.5 Å². The summed E-state index contributed by atoms with van der Waals surface area (Å²) in [6, 6.07) is 5.48. The molecule has 1 nitrogen and oxygen atoms in total. The van der Waals surface area contributed by atoms with E-state index in [9.17, 15) is 13.2 Å². The second-order valence-corrected chi connectivity index (χ2v) is 4.08. The van der Waals surface area contributed by atoms with Crippen LogP contribution in [0.4, 0.5) is 13.2 Å². The molecule has 0 saturated carbocycles. The minimum atomic E-state index is -4.25. The smallest absolute Gasteiger partial charge is 0.330 e. The minimum Gasteiger partial charge on any atom is -0.330 e. The molecule has 0 aromatic heterocycles. The first-order valence-corrected chi connectivity index (χ1v) is 5.29. The van der Waals surface area contributed by atoms with E-state index in [0.717, 1.165) is 18.1 Å². The number of nitrogens with two attached hydrogens (primary N) is 1. The second kappa shape index (κ2) is 5.34. The van der Waals surface area contributed by atoms with Gasteiger partial charge < -0.3 is 5.73 Å². The molecule has 90 valence electrons. The van der Waals surface area contributed by atoms with Gasteiger partial charge in [-0.1, -0.05) is 25.1 Å². The molecule has 0 radical (unpaired) electrons. The molecule has 0 heterocycles. The van der Waals surface area contributed by atoms with E-state index in [4.69, 9.17) is 5.73 Å². The predicted molar refractivity (Wildman–Crippen MR) is 58.0 cm³/mol. The first-order valence-electron chi connectivity index (χ1n) is 5.29. The highest BCUT2D eigenvalue weighted by Gasteiger charge is 2.30. The van der Waals surface area contributed by atoms with Crippen LogP contribution in [-0.2, 0) is 12.6 Å². The fourth-order valence-electron chi connectivity index (χ4n) is 1.43. The molecule has 0 aliphatic heterocycles. The molecule has 0 fully saturated rings. The third-order valence-electron chi connectivity index (χ3n) is 2.58. The Hall–Kier alpha value is -1.03. The number of hydrogen-bond donors (Lipinski definition) is 1. The number of rotatable bonds is 4. The molecule has 4 heteroatoms. The zero-order valence-electron chi connectivity index (χ0n) is 9.22. The highest BCUT2D eigenvalue weighted by atomic mass is 19.4. The lowest BCUT2D eigenvalue weighted by Gasteiger charge is -2.10. The molecule has 1 aromatic rings. The van der Waals surface area contributed by atoms with Crippen molar-refractivity contribution in [1.82, 2.24) is 0 Å². The zero-order valence-corrected chi connectivity index (χ0v) is 9.22. The number of benzene rings is 1. The maximum atomic E-state index is 12.4. The third kappa shape index (κ3) is 3.85. The van der Waals surface area contributed by atoms with Gasteiger partial charge >= 0.3 is 6.18 Å². The van der Waals surface area contributed by atoms with Gasteiger partial charge in [0.05, 0.1) is 5.56 Å². The molecule has 1 unspecified atom stereocenters. The van der Waals surface area contributed by atoms with Gasteiger partial charge in [-0.15, -0.1) is 0 Å². The van der Waals surface area contributed by atoms with Crippen LogP contribution in [0.2, 0.25) is 0 Å². The summed E-state index contributed by atoms with van der Waals surface area (Å²) in [5.74, 6) is 0.342. The lowest BCUT2D eigenvalue weighted by molar-refractivity contribution is -0.137. The lowest BCUT2D eigenvalue weighted by Crippen LogP contribution is -2.11. The van der Waals surface area contributed by atoms with Crippen molar-refractivity contribution < 1.29 is 13.2 Å². The Morgan fingerprint density at radius 1 is 1.31 bits per heavy atom. The van der Waals surface area contributed by atoms with Gasteiger partial charge in [-0.2, -0.15) is 13.2 Å². The van der Waals surface area contributed by atoms with Crippen LogP contribution in [-0.4, -0.2) is 6.54 Å². The average molecular weight is 231 g/mol. The van der Waals surface area contributed by atoms with Gasteiger partial charge in [-0.3, -0.25) is 0 Å². The SMILES string of the molecule is CC(CN)CCc1cccc(C(F)(F)F)c1. The molecule has 0 aliphatic carbocycles. The van der Waals surface area contributed by atoms with E-state index in [1.807, 2.05) is 6.92 Å². The molecule has 0 spiro atoms. The summed E-state index contributed by atoms with van der Waals surface area (Å²) >= 11 is 0. The standard InChI is InChI=1S/C12H16F3N/c1-9(8-16)5-6-10-3-2-4-11(7-10)12(13,14)15/h2-4,7,9H,5-6,8,16H2,1H3. The fourth-order valence-corrected chi connectivity index (χ4v) is 1.43. The van der Waals surface area contributed by atoms with Gasteiger partial charge in [0.25, 0.3) is 0 Å². The van der Waals surface area contributed by atoms with E-state index in [-0.39, 0.29) is 0 Å². The Morgan fingerprint density at radius 3 is 2.56 bits per heavy atom. The molecule has 0 saturated heterocycles. The highest BCUT2D eigenvalue weighted by Crippen LogP contribution is 2.29. The summed E-state index contributed by atoms with van der Waals surface area (Å²) in [7, 11) is 0. The zero-order chi connectivity index (χ0) is 12.2. The molecule has 16 heavy (non-hydrogen) atoms. The summed E-state index contributed by atoms with van der Waals surface area (Å²) in [6.45, 7) is 2.56.